The maximum absolute atomic E-state index is 12.7. The van der Waals surface area contributed by atoms with Crippen molar-refractivity contribution in [2.45, 2.75) is 19.8 Å². The molecule has 0 atom stereocenters. The van der Waals surface area contributed by atoms with Gasteiger partial charge in [-0.25, -0.2) is 4.79 Å². The molecular weight excluding hydrogens is 444 g/mol. The molecule has 8 nitrogen and oxygen atoms in total. The number of esters is 1. The Hall–Kier alpha value is -2.63. The minimum absolute atomic E-state index is 0.183. The largest absolute Gasteiger partial charge is 0.465 e. The highest BCUT2D eigenvalue weighted by Gasteiger charge is 2.31. The van der Waals surface area contributed by atoms with E-state index < -0.39 is 5.97 Å². The van der Waals surface area contributed by atoms with E-state index in [0.717, 1.165) is 10.6 Å². The molecule has 1 N–H and O–H groups in total. The number of thiocarbonyl (C=S) groups is 1. The first-order valence-corrected chi connectivity index (χ1v) is 10.9. The van der Waals surface area contributed by atoms with E-state index in [2.05, 4.69) is 20.3 Å². The number of carbonyl (C=O) groups is 3. The number of aryl methyl sites for hydroxylation is 1. The summed E-state index contributed by atoms with van der Waals surface area (Å²) in [6.07, 6.45) is 2.44. The van der Waals surface area contributed by atoms with E-state index in [4.69, 9.17) is 12.2 Å². The number of aromatic nitrogens is 2. The minimum Gasteiger partial charge on any atom is -0.465 e. The summed E-state index contributed by atoms with van der Waals surface area (Å²) in [4.78, 5) is 38.2. The van der Waals surface area contributed by atoms with Crippen LogP contribution in [0.1, 0.15) is 33.8 Å². The summed E-state index contributed by atoms with van der Waals surface area (Å²) in [6.45, 7) is 2.16. The number of rotatable bonds is 7. The van der Waals surface area contributed by atoms with E-state index in [1.807, 2.05) is 6.92 Å². The van der Waals surface area contributed by atoms with Crippen molar-refractivity contribution in [3.8, 4) is 0 Å². The van der Waals surface area contributed by atoms with Crippen LogP contribution in [0.2, 0.25) is 0 Å². The summed E-state index contributed by atoms with van der Waals surface area (Å²) in [5.74, 6) is -0.793. The predicted molar refractivity (Wildman–Crippen MR) is 120 cm³/mol. The van der Waals surface area contributed by atoms with Gasteiger partial charge in [-0.05, 0) is 37.1 Å². The molecule has 1 aliphatic rings. The number of carbonyl (C=O) groups excluding carboxylic acids is 3. The Labute approximate surface area is 186 Å². The molecule has 1 aromatic carbocycles. The van der Waals surface area contributed by atoms with Gasteiger partial charge in [-0.3, -0.25) is 14.5 Å². The van der Waals surface area contributed by atoms with Crippen LogP contribution in [0.3, 0.4) is 0 Å². The van der Waals surface area contributed by atoms with Crippen molar-refractivity contribution in [3.05, 3.63) is 45.3 Å². The number of hydrogen-bond donors (Lipinski definition) is 1. The number of amides is 2. The van der Waals surface area contributed by atoms with Crippen LogP contribution in [0.25, 0.3) is 6.08 Å². The Morgan fingerprint density at radius 1 is 1.27 bits per heavy atom. The Morgan fingerprint density at radius 2 is 2.00 bits per heavy atom. The third kappa shape index (κ3) is 5.49. The number of nitrogens with zero attached hydrogens (tertiary/aromatic N) is 3. The van der Waals surface area contributed by atoms with Crippen LogP contribution >= 0.6 is 35.3 Å². The van der Waals surface area contributed by atoms with Gasteiger partial charge in [0.05, 0.1) is 17.6 Å². The van der Waals surface area contributed by atoms with Gasteiger partial charge < -0.3 is 10.1 Å². The normalized spacial score (nSPS) is 15.0. The minimum atomic E-state index is -0.418. The van der Waals surface area contributed by atoms with Crippen molar-refractivity contribution in [1.29, 1.82) is 0 Å². The quantitative estimate of drug-likeness (QED) is 0.380. The second-order valence-electron chi connectivity index (χ2n) is 6.22. The van der Waals surface area contributed by atoms with Crippen molar-refractivity contribution in [2.24, 2.45) is 0 Å². The Kier molecular flexibility index (Phi) is 7.29. The van der Waals surface area contributed by atoms with Crippen molar-refractivity contribution in [1.82, 2.24) is 15.1 Å². The lowest BCUT2D eigenvalue weighted by atomic mass is 10.1. The molecule has 11 heteroatoms. The maximum Gasteiger partial charge on any atom is 0.337 e. The summed E-state index contributed by atoms with van der Waals surface area (Å²) in [5.41, 5.74) is 1.21. The van der Waals surface area contributed by atoms with Crippen molar-refractivity contribution >= 4 is 68.6 Å². The van der Waals surface area contributed by atoms with E-state index in [-0.39, 0.29) is 18.2 Å². The smallest absolute Gasteiger partial charge is 0.337 e. The van der Waals surface area contributed by atoms with E-state index in [1.54, 1.807) is 30.3 Å². The zero-order chi connectivity index (χ0) is 21.7. The van der Waals surface area contributed by atoms with Gasteiger partial charge in [0, 0.05) is 13.0 Å². The Morgan fingerprint density at radius 3 is 2.63 bits per heavy atom. The first-order chi connectivity index (χ1) is 14.4. The van der Waals surface area contributed by atoms with E-state index in [0.29, 0.717) is 32.9 Å². The topological polar surface area (TPSA) is 101 Å². The number of methoxy groups -OCH3 is 1. The fraction of sp³-hybridized carbons (Fsp3) is 0.263. The molecule has 1 fully saturated rings. The highest BCUT2D eigenvalue weighted by atomic mass is 32.2. The van der Waals surface area contributed by atoms with Gasteiger partial charge in [0.1, 0.15) is 9.33 Å². The number of ether oxygens (including phenoxy) is 1. The molecule has 156 valence electrons. The fourth-order valence-electron chi connectivity index (χ4n) is 2.60. The SMILES string of the molecule is COC(=O)c1ccc(C=C2SC(=S)N(CCCC(=O)Nc3nnc(C)s3)C2=O)cc1. The van der Waals surface area contributed by atoms with E-state index >= 15 is 0 Å². The molecule has 1 saturated heterocycles. The summed E-state index contributed by atoms with van der Waals surface area (Å²) in [5, 5.41) is 11.6. The molecule has 0 bridgehead atoms. The predicted octanol–water partition coefficient (Wildman–Crippen LogP) is 3.25. The standard InChI is InChI=1S/C19H18N4O4S3/c1-11-21-22-18(29-11)20-15(24)4-3-9-23-16(25)14(30-19(23)28)10-12-5-7-13(8-6-12)17(26)27-2/h5-8,10H,3-4,9H2,1-2H3,(H,20,22,24). The molecule has 2 amide bonds. The molecule has 3 rings (SSSR count). The van der Waals surface area contributed by atoms with Crippen LogP contribution in [0.5, 0.6) is 0 Å². The first kappa shape index (κ1) is 22.1. The molecule has 0 aliphatic carbocycles. The van der Waals surface area contributed by atoms with Gasteiger partial charge in [0.25, 0.3) is 5.91 Å². The highest BCUT2D eigenvalue weighted by Crippen LogP contribution is 2.32. The zero-order valence-corrected chi connectivity index (χ0v) is 18.7. The molecule has 0 spiro atoms. The molecule has 0 saturated carbocycles. The molecule has 2 aromatic rings. The molecular formula is C19H18N4O4S3. The highest BCUT2D eigenvalue weighted by molar-refractivity contribution is 8.26. The van der Waals surface area contributed by atoms with E-state index in [1.165, 1.54) is 35.1 Å². The van der Waals surface area contributed by atoms with Crippen LogP contribution < -0.4 is 5.32 Å². The van der Waals surface area contributed by atoms with Crippen LogP contribution in [0.4, 0.5) is 5.13 Å². The number of anilines is 1. The van der Waals surface area contributed by atoms with E-state index in [9.17, 15) is 14.4 Å². The average Bonchev–Trinajstić information content (AvgIpc) is 3.25. The van der Waals surface area contributed by atoms with Crippen LogP contribution in [0.15, 0.2) is 29.2 Å². The van der Waals surface area contributed by atoms with Crippen molar-refractivity contribution in [2.75, 3.05) is 19.0 Å². The van der Waals surface area contributed by atoms with Gasteiger partial charge >= 0.3 is 5.97 Å². The van der Waals surface area contributed by atoms with Crippen LogP contribution in [0, 0.1) is 6.92 Å². The molecule has 30 heavy (non-hydrogen) atoms. The fourth-order valence-corrected chi connectivity index (χ4v) is 4.52. The van der Waals surface area contributed by atoms with Crippen molar-refractivity contribution < 1.29 is 19.1 Å². The number of hydrogen-bond acceptors (Lipinski definition) is 9. The maximum atomic E-state index is 12.7. The summed E-state index contributed by atoms with van der Waals surface area (Å²) >= 11 is 7.84. The van der Waals surface area contributed by atoms with Crippen LogP contribution in [-0.4, -0.2) is 50.9 Å². The Bertz CT molecular complexity index is 1020. The Balaban J connectivity index is 1.54. The summed E-state index contributed by atoms with van der Waals surface area (Å²) < 4.78 is 5.13. The number of benzene rings is 1. The lowest BCUT2D eigenvalue weighted by molar-refractivity contribution is -0.122. The number of nitrogens with one attached hydrogen (secondary N) is 1. The van der Waals surface area contributed by atoms with Gasteiger partial charge in [-0.15, -0.1) is 10.2 Å². The van der Waals surface area contributed by atoms with Crippen molar-refractivity contribution in [3.63, 3.8) is 0 Å². The monoisotopic (exact) mass is 462 g/mol. The summed E-state index contributed by atoms with van der Waals surface area (Å²) in [6, 6.07) is 6.74. The van der Waals surface area contributed by atoms with Gasteiger partial charge in [-0.2, -0.15) is 0 Å². The lowest BCUT2D eigenvalue weighted by Crippen LogP contribution is -2.29. The van der Waals surface area contributed by atoms with Gasteiger partial charge in [0.15, 0.2) is 0 Å². The van der Waals surface area contributed by atoms with Crippen LogP contribution in [-0.2, 0) is 14.3 Å². The third-order valence-electron chi connectivity index (χ3n) is 4.06. The zero-order valence-electron chi connectivity index (χ0n) is 16.2. The first-order valence-electron chi connectivity index (χ1n) is 8.91. The summed E-state index contributed by atoms with van der Waals surface area (Å²) in [7, 11) is 1.32. The molecule has 2 heterocycles. The molecule has 1 aliphatic heterocycles. The second-order valence-corrected chi connectivity index (χ2v) is 9.08. The molecule has 0 radical (unpaired) electrons. The second kappa shape index (κ2) is 9.92. The molecule has 1 aromatic heterocycles. The average molecular weight is 463 g/mol. The number of thioether (sulfide) groups is 1. The van der Waals surface area contributed by atoms with Gasteiger partial charge in [0.2, 0.25) is 11.0 Å². The molecule has 0 unspecified atom stereocenters. The van der Waals surface area contributed by atoms with Gasteiger partial charge in [-0.1, -0.05) is 47.4 Å². The lowest BCUT2D eigenvalue weighted by Gasteiger charge is -2.13. The third-order valence-corrected chi connectivity index (χ3v) is 6.19.